The molecular weight excluding hydrogens is 837 g/mol. The van der Waals surface area contributed by atoms with Gasteiger partial charge in [-0.15, -0.1) is 0 Å². The maximum absolute atomic E-state index is 13.8. The average molecular weight is 909 g/mol. The van der Waals surface area contributed by atoms with Gasteiger partial charge in [0.2, 0.25) is 0 Å². The second-order valence-corrected chi connectivity index (χ2v) is 22.6. The van der Waals surface area contributed by atoms with Crippen LogP contribution in [0.25, 0.3) is 0 Å². The molecule has 9 N–H and O–H groups in total. The van der Waals surface area contributed by atoms with E-state index in [4.69, 9.17) is 33.2 Å². The van der Waals surface area contributed by atoms with Crippen LogP contribution in [0, 0.1) is 38.9 Å². The van der Waals surface area contributed by atoms with Gasteiger partial charge in [-0.2, -0.15) is 0 Å². The van der Waals surface area contributed by atoms with Gasteiger partial charge in [0.1, 0.15) is 72.2 Å². The highest BCUT2D eigenvalue weighted by Crippen LogP contribution is 2.75. The molecule has 5 saturated heterocycles. The zero-order valence-electron chi connectivity index (χ0n) is 38.3. The second kappa shape index (κ2) is 15.7. The van der Waals surface area contributed by atoms with Crippen molar-refractivity contribution in [1.82, 2.24) is 0 Å². The van der Waals surface area contributed by atoms with E-state index in [1.54, 1.807) is 0 Å². The fourth-order valence-corrected chi connectivity index (χ4v) is 14.7. The molecule has 3 saturated carbocycles. The number of carbonyl (C=O) groups is 1. The molecule has 64 heavy (non-hydrogen) atoms. The summed E-state index contributed by atoms with van der Waals surface area (Å²) in [6.07, 6.45) is -11.1. The first kappa shape index (κ1) is 47.4. The van der Waals surface area contributed by atoms with Crippen molar-refractivity contribution in [2.45, 2.75) is 210 Å². The van der Waals surface area contributed by atoms with E-state index in [-0.39, 0.29) is 40.7 Å². The van der Waals surface area contributed by atoms with Crippen LogP contribution in [-0.4, -0.2) is 168 Å². The van der Waals surface area contributed by atoms with Gasteiger partial charge in [0.05, 0.1) is 30.8 Å². The number of aliphatic hydroxyl groups excluding tert-OH is 8. The van der Waals surface area contributed by atoms with E-state index in [0.29, 0.717) is 25.7 Å². The Hall–Kier alpha value is -1.65. The van der Waals surface area contributed by atoms with E-state index in [2.05, 4.69) is 46.8 Å². The maximum atomic E-state index is 13.8. The Morgan fingerprint density at radius 1 is 0.719 bits per heavy atom. The minimum Gasteiger partial charge on any atom is -0.455 e. The zero-order chi connectivity index (χ0) is 46.5. The summed E-state index contributed by atoms with van der Waals surface area (Å²) in [6.45, 7) is 15.7. The SMILES string of the molecule is C[C@H]1O[C@H](O[C@H]2[C@H](O[C@@H]3CC[C@]4(C)[C@H]5C=CC6=C7[C@@]8(CC[C@@](C)(OC8=O)[C@@]7(C)O)CC[C@]6(C)[C@@]5(C)CC[C@H]4C3(C)C)OC[C@H](O)[C@H]2O[C@H]2O[C@@H](CO)[C@H](O)[C@@H](O)[C@H]2O)[C@H](O)[C@H](O)[C@H]1O. The molecular formula is C47H72O17. The highest BCUT2D eigenvalue weighted by molar-refractivity contribution is 5.86. The number of ether oxygens (including phenoxy) is 7. The largest absolute Gasteiger partial charge is 0.455 e. The third kappa shape index (κ3) is 6.46. The van der Waals surface area contributed by atoms with Crippen LogP contribution in [0.15, 0.2) is 23.3 Å². The van der Waals surface area contributed by atoms with Crippen molar-refractivity contribution in [2.24, 2.45) is 38.9 Å². The summed E-state index contributed by atoms with van der Waals surface area (Å²) in [7, 11) is 0. The zero-order valence-corrected chi connectivity index (χ0v) is 38.3. The summed E-state index contributed by atoms with van der Waals surface area (Å²) in [5, 5.41) is 97.7. The molecule has 8 fully saturated rings. The molecule has 10 aliphatic rings. The van der Waals surface area contributed by atoms with Crippen LogP contribution in [0.2, 0.25) is 0 Å². The summed E-state index contributed by atoms with van der Waals surface area (Å²) < 4.78 is 43.1. The van der Waals surface area contributed by atoms with Crippen molar-refractivity contribution >= 4 is 5.97 Å². The smallest absolute Gasteiger partial charge is 0.317 e. The molecule has 1 spiro atoms. The number of carbonyl (C=O) groups excluding carboxylic acids is 1. The molecule has 0 amide bonds. The molecule has 10 rings (SSSR count). The molecule has 5 aliphatic heterocycles. The molecule has 0 aromatic heterocycles. The number of allylic oxidation sites excluding steroid dienone is 3. The van der Waals surface area contributed by atoms with E-state index >= 15 is 0 Å². The van der Waals surface area contributed by atoms with E-state index in [0.717, 1.165) is 36.8 Å². The molecule has 0 aromatic rings. The Morgan fingerprint density at radius 3 is 2.03 bits per heavy atom. The Morgan fingerprint density at radius 2 is 1.36 bits per heavy atom. The van der Waals surface area contributed by atoms with Crippen molar-refractivity contribution in [3.05, 3.63) is 23.3 Å². The third-order valence-electron chi connectivity index (χ3n) is 19.1. The van der Waals surface area contributed by atoms with Gasteiger partial charge in [0, 0.05) is 0 Å². The van der Waals surface area contributed by atoms with Gasteiger partial charge in [-0.3, -0.25) is 4.79 Å². The molecule has 0 unspecified atom stereocenters. The number of aliphatic hydroxyl groups is 9. The van der Waals surface area contributed by atoms with Crippen LogP contribution in [-0.2, 0) is 38.0 Å². The fraction of sp³-hybridized carbons (Fsp3) is 0.894. The molecule has 2 bridgehead atoms. The topological polar surface area (TPSA) is 264 Å². The number of rotatable bonds is 7. The molecule has 0 radical (unpaired) electrons. The lowest BCUT2D eigenvalue weighted by Crippen LogP contribution is -2.71. The number of hydrogen-bond acceptors (Lipinski definition) is 17. The van der Waals surface area contributed by atoms with Gasteiger partial charge < -0.3 is 79.1 Å². The summed E-state index contributed by atoms with van der Waals surface area (Å²) >= 11 is 0. The van der Waals surface area contributed by atoms with Crippen LogP contribution in [0.5, 0.6) is 0 Å². The fourth-order valence-electron chi connectivity index (χ4n) is 14.7. The van der Waals surface area contributed by atoms with E-state index in [1.807, 2.05) is 13.8 Å². The van der Waals surface area contributed by atoms with E-state index in [9.17, 15) is 50.8 Å². The Bertz CT molecular complexity index is 1890. The van der Waals surface area contributed by atoms with Crippen LogP contribution in [0.3, 0.4) is 0 Å². The first-order valence-corrected chi connectivity index (χ1v) is 23.5. The molecule has 362 valence electrons. The second-order valence-electron chi connectivity index (χ2n) is 22.6. The molecule has 23 atom stereocenters. The first-order chi connectivity index (χ1) is 29.8. The molecule has 17 nitrogen and oxygen atoms in total. The molecule has 5 aliphatic carbocycles. The molecule has 17 heteroatoms. The van der Waals surface area contributed by atoms with Crippen LogP contribution >= 0.6 is 0 Å². The highest BCUT2D eigenvalue weighted by Gasteiger charge is 2.73. The van der Waals surface area contributed by atoms with Crippen LogP contribution < -0.4 is 0 Å². The van der Waals surface area contributed by atoms with E-state index < -0.39 is 121 Å². The van der Waals surface area contributed by atoms with Gasteiger partial charge >= 0.3 is 5.97 Å². The minimum atomic E-state index is -1.81. The lowest BCUT2D eigenvalue weighted by atomic mass is 9.35. The van der Waals surface area contributed by atoms with E-state index in [1.165, 1.54) is 6.92 Å². The predicted octanol–water partition coefficient (Wildman–Crippen LogP) is 0.859. The quantitative estimate of drug-likeness (QED) is 0.127. The van der Waals surface area contributed by atoms with Crippen molar-refractivity contribution in [1.29, 1.82) is 0 Å². The predicted molar refractivity (Wildman–Crippen MR) is 222 cm³/mol. The maximum Gasteiger partial charge on any atom is 0.317 e. The summed E-state index contributed by atoms with van der Waals surface area (Å²) in [5.74, 6) is 0.0865. The van der Waals surface area contributed by atoms with Gasteiger partial charge in [0.15, 0.2) is 18.9 Å². The lowest BCUT2D eigenvalue weighted by molar-refractivity contribution is -0.388. The van der Waals surface area contributed by atoms with Crippen molar-refractivity contribution < 1.29 is 83.9 Å². The number of fused-ring (bicyclic) bond motifs is 7. The molecule has 5 heterocycles. The summed E-state index contributed by atoms with van der Waals surface area (Å²) in [4.78, 5) is 13.8. The Labute approximate surface area is 374 Å². The average Bonchev–Trinajstić information content (AvgIpc) is 3.23. The molecule has 0 aromatic carbocycles. The van der Waals surface area contributed by atoms with Gasteiger partial charge in [-0.1, -0.05) is 46.8 Å². The van der Waals surface area contributed by atoms with Crippen LogP contribution in [0.4, 0.5) is 0 Å². The Kier molecular flexibility index (Phi) is 11.6. The highest BCUT2D eigenvalue weighted by atomic mass is 16.8. The summed E-state index contributed by atoms with van der Waals surface area (Å²) in [5.41, 5.74) is -2.36. The number of esters is 1. The Balaban J connectivity index is 1.01. The minimum absolute atomic E-state index is 0.146. The normalized spacial score (nSPS) is 56.7. The van der Waals surface area contributed by atoms with Gasteiger partial charge in [-0.05, 0) is 117 Å². The number of hydrogen-bond donors (Lipinski definition) is 9. The van der Waals surface area contributed by atoms with Crippen molar-refractivity contribution in [3.63, 3.8) is 0 Å². The first-order valence-electron chi connectivity index (χ1n) is 23.5. The van der Waals surface area contributed by atoms with Gasteiger partial charge in [-0.25, -0.2) is 0 Å². The summed E-state index contributed by atoms with van der Waals surface area (Å²) in [6, 6.07) is 0. The lowest BCUT2D eigenvalue weighted by Gasteiger charge is -2.71. The standard InChI is InChI=1S/C47H72O17/c1-21-28(50)30(52)32(54)37(59-21)63-35-34(62-38-33(55)31(53)29(51)24(19-48)60-38)23(49)20-58-39(35)61-27-12-13-42(4)25(41(27,2)3)11-14-44(6)26(42)10-9-22-36-46(8,57)45(7)16-18-47(36,40(56)64-45)17-15-43(22,44)5/h9-10,21,23-35,37-39,48-55,57H,11-20H2,1-8H3/t21-,23+,24+,25+,26-,27-,28+,29+,30-,31-,32-,33-,34-,35-,37-,38-,39+,42+,43+,44+,45-,46+,47+/m1/s1. The monoisotopic (exact) mass is 908 g/mol. The van der Waals surface area contributed by atoms with Gasteiger partial charge in [0.25, 0.3) is 0 Å². The van der Waals surface area contributed by atoms with Crippen molar-refractivity contribution in [2.75, 3.05) is 13.2 Å². The third-order valence-corrected chi connectivity index (χ3v) is 19.1. The van der Waals surface area contributed by atoms with Crippen LogP contribution in [0.1, 0.15) is 107 Å². The van der Waals surface area contributed by atoms with Crippen molar-refractivity contribution in [3.8, 4) is 0 Å².